The number of aromatic amines is 1. The van der Waals surface area contributed by atoms with E-state index in [9.17, 15) is 4.79 Å². The minimum atomic E-state index is -0.833. The lowest BCUT2D eigenvalue weighted by atomic mass is 10.1. The van der Waals surface area contributed by atoms with Gasteiger partial charge in [-0.15, -0.1) is 0 Å². The van der Waals surface area contributed by atoms with E-state index in [4.69, 9.17) is 5.11 Å². The Morgan fingerprint density at radius 1 is 1.56 bits per heavy atom. The summed E-state index contributed by atoms with van der Waals surface area (Å²) in [7, 11) is 0. The summed E-state index contributed by atoms with van der Waals surface area (Å²) in [5.41, 5.74) is 4.39. The van der Waals surface area contributed by atoms with Crippen molar-refractivity contribution in [2.24, 2.45) is 0 Å². The average Bonchev–Trinajstić information content (AvgIpc) is 2.82. The highest BCUT2D eigenvalue weighted by Gasteiger charge is 2.23. The number of nitrogens with zero attached hydrogens (tertiary/aromatic N) is 1. The normalized spacial score (nSPS) is 12.3. The van der Waals surface area contributed by atoms with Crippen molar-refractivity contribution in [2.75, 3.05) is 5.75 Å². The molecule has 0 unspecified atom stereocenters. The highest BCUT2D eigenvalue weighted by atomic mass is 79.9. The topological polar surface area (TPSA) is 66.0 Å². The first-order chi connectivity index (χ1) is 8.63. The molecule has 4 nitrogen and oxygen atoms in total. The highest BCUT2D eigenvalue weighted by Crippen LogP contribution is 2.37. The van der Waals surface area contributed by atoms with Gasteiger partial charge in [0.15, 0.2) is 5.16 Å². The van der Waals surface area contributed by atoms with Crippen LogP contribution in [0.1, 0.15) is 11.3 Å². The van der Waals surface area contributed by atoms with Crippen LogP contribution in [0.15, 0.2) is 27.8 Å². The summed E-state index contributed by atoms with van der Waals surface area (Å²) in [5.74, 6) is -0.805. The molecular weight excluding hydrogens is 316 g/mol. The Kier molecular flexibility index (Phi) is 2.91. The van der Waals surface area contributed by atoms with Gasteiger partial charge in [-0.05, 0) is 17.7 Å². The standard InChI is InChI=1S/C12H9BrN2O2S/c13-7-1-2-8-6(3-7)4-9-11(8)15-12(14-9)18-5-10(16)17/h1-3H,4-5H2,(H,14,15)(H,16,17). The number of thioether (sulfide) groups is 1. The molecule has 0 amide bonds. The number of benzene rings is 1. The molecular formula is C12H9BrN2O2S. The number of hydrogen-bond donors (Lipinski definition) is 2. The fraction of sp³-hybridized carbons (Fsp3) is 0.167. The number of imidazole rings is 1. The second-order valence-corrected chi connectivity index (χ2v) is 5.91. The zero-order chi connectivity index (χ0) is 12.7. The van der Waals surface area contributed by atoms with Crippen LogP contribution in [0.2, 0.25) is 0 Å². The predicted molar refractivity (Wildman–Crippen MR) is 72.9 cm³/mol. The lowest BCUT2D eigenvalue weighted by Crippen LogP contribution is -1.98. The average molecular weight is 325 g/mol. The van der Waals surface area contributed by atoms with E-state index in [0.717, 1.165) is 27.8 Å². The molecule has 2 N–H and O–H groups in total. The van der Waals surface area contributed by atoms with Crippen LogP contribution in [0, 0.1) is 0 Å². The van der Waals surface area contributed by atoms with Crippen LogP contribution in [0.4, 0.5) is 0 Å². The van der Waals surface area contributed by atoms with Crippen LogP contribution in [0.5, 0.6) is 0 Å². The first-order valence-electron chi connectivity index (χ1n) is 5.36. The fourth-order valence-electron chi connectivity index (χ4n) is 2.06. The molecule has 0 aliphatic heterocycles. The van der Waals surface area contributed by atoms with Crippen LogP contribution in [0.3, 0.4) is 0 Å². The second-order valence-electron chi connectivity index (χ2n) is 4.03. The summed E-state index contributed by atoms with van der Waals surface area (Å²) < 4.78 is 1.06. The molecule has 6 heteroatoms. The van der Waals surface area contributed by atoms with Gasteiger partial charge in [0.2, 0.25) is 0 Å². The van der Waals surface area contributed by atoms with Gasteiger partial charge in [0.1, 0.15) is 0 Å². The quantitative estimate of drug-likeness (QED) is 0.727. The Labute approximate surface area is 116 Å². The van der Waals surface area contributed by atoms with E-state index in [-0.39, 0.29) is 5.75 Å². The van der Waals surface area contributed by atoms with Crippen molar-refractivity contribution < 1.29 is 9.90 Å². The SMILES string of the molecule is O=C(O)CSc1nc2c([nH]1)Cc1cc(Br)ccc1-2. The molecule has 3 rings (SSSR count). The van der Waals surface area contributed by atoms with E-state index in [1.807, 2.05) is 12.1 Å². The first-order valence-corrected chi connectivity index (χ1v) is 7.13. The number of hydrogen-bond acceptors (Lipinski definition) is 3. The van der Waals surface area contributed by atoms with Gasteiger partial charge in [-0.3, -0.25) is 4.79 Å². The van der Waals surface area contributed by atoms with Crippen LogP contribution < -0.4 is 0 Å². The third-order valence-electron chi connectivity index (χ3n) is 2.78. The molecule has 1 aromatic carbocycles. The maximum absolute atomic E-state index is 10.5. The summed E-state index contributed by atoms with van der Waals surface area (Å²) in [6, 6.07) is 6.12. The van der Waals surface area contributed by atoms with Gasteiger partial charge in [0, 0.05) is 22.2 Å². The van der Waals surface area contributed by atoms with Crippen molar-refractivity contribution in [3.63, 3.8) is 0 Å². The maximum Gasteiger partial charge on any atom is 0.313 e. The predicted octanol–water partition coefficient (Wildman–Crippen LogP) is 2.92. The summed E-state index contributed by atoms with van der Waals surface area (Å²) in [5, 5.41) is 9.32. The van der Waals surface area contributed by atoms with Gasteiger partial charge in [0.25, 0.3) is 0 Å². The second kappa shape index (κ2) is 4.44. The number of carboxylic acid groups (broad SMARTS) is 1. The van der Waals surface area contributed by atoms with Crippen molar-refractivity contribution in [1.82, 2.24) is 9.97 Å². The molecule has 18 heavy (non-hydrogen) atoms. The van der Waals surface area contributed by atoms with Gasteiger partial charge in [-0.1, -0.05) is 33.8 Å². The van der Waals surface area contributed by atoms with E-state index in [1.165, 1.54) is 17.3 Å². The Balaban J connectivity index is 1.91. The fourth-order valence-corrected chi connectivity index (χ4v) is 3.08. The lowest BCUT2D eigenvalue weighted by molar-refractivity contribution is -0.133. The first kappa shape index (κ1) is 11.8. The van der Waals surface area contributed by atoms with Crippen molar-refractivity contribution in [3.05, 3.63) is 33.9 Å². The van der Waals surface area contributed by atoms with Gasteiger partial charge in [0.05, 0.1) is 11.4 Å². The molecule has 0 saturated heterocycles. The molecule has 0 spiro atoms. The zero-order valence-electron chi connectivity index (χ0n) is 9.24. The molecule has 0 bridgehead atoms. The third-order valence-corrected chi connectivity index (χ3v) is 4.13. The van der Waals surface area contributed by atoms with E-state index in [2.05, 4.69) is 32.0 Å². The molecule has 92 valence electrons. The van der Waals surface area contributed by atoms with Gasteiger partial charge in [-0.2, -0.15) is 0 Å². The molecule has 0 saturated carbocycles. The molecule has 2 aromatic rings. The Morgan fingerprint density at radius 2 is 2.39 bits per heavy atom. The van der Waals surface area contributed by atoms with Crippen LogP contribution in [-0.4, -0.2) is 26.8 Å². The number of H-pyrrole nitrogens is 1. The van der Waals surface area contributed by atoms with Gasteiger partial charge >= 0.3 is 5.97 Å². The van der Waals surface area contributed by atoms with Crippen molar-refractivity contribution in [3.8, 4) is 11.3 Å². The Hall–Kier alpha value is -1.27. The van der Waals surface area contributed by atoms with Crippen LogP contribution in [0.25, 0.3) is 11.3 Å². The molecule has 1 heterocycles. The molecule has 1 aliphatic carbocycles. The number of carboxylic acids is 1. The largest absolute Gasteiger partial charge is 0.481 e. The Bertz CT molecular complexity index is 639. The molecule has 0 atom stereocenters. The summed E-state index contributed by atoms with van der Waals surface area (Å²) in [4.78, 5) is 18.2. The third kappa shape index (κ3) is 2.06. The minimum absolute atomic E-state index is 0.0274. The van der Waals surface area contributed by atoms with E-state index in [0.29, 0.717) is 5.16 Å². The number of aliphatic carboxylic acids is 1. The smallest absolute Gasteiger partial charge is 0.313 e. The van der Waals surface area contributed by atoms with Crippen LogP contribution in [-0.2, 0) is 11.2 Å². The van der Waals surface area contributed by atoms with Gasteiger partial charge < -0.3 is 10.1 Å². The number of rotatable bonds is 3. The van der Waals surface area contributed by atoms with E-state index in [1.54, 1.807) is 0 Å². The summed E-state index contributed by atoms with van der Waals surface area (Å²) in [6.45, 7) is 0. The van der Waals surface area contributed by atoms with Crippen molar-refractivity contribution in [1.29, 1.82) is 0 Å². The van der Waals surface area contributed by atoms with Crippen LogP contribution >= 0.6 is 27.7 Å². The monoisotopic (exact) mass is 324 g/mol. The molecule has 0 radical (unpaired) electrons. The number of aromatic nitrogens is 2. The number of carbonyl (C=O) groups is 1. The summed E-state index contributed by atoms with van der Waals surface area (Å²) >= 11 is 4.67. The summed E-state index contributed by atoms with van der Waals surface area (Å²) in [6.07, 6.45) is 0.824. The number of fused-ring (bicyclic) bond motifs is 3. The lowest BCUT2D eigenvalue weighted by Gasteiger charge is -1.99. The molecule has 1 aromatic heterocycles. The van der Waals surface area contributed by atoms with Crippen molar-refractivity contribution >= 4 is 33.7 Å². The minimum Gasteiger partial charge on any atom is -0.481 e. The Morgan fingerprint density at radius 3 is 3.17 bits per heavy atom. The van der Waals surface area contributed by atoms with E-state index < -0.39 is 5.97 Å². The molecule has 1 aliphatic rings. The number of nitrogens with one attached hydrogen (secondary N) is 1. The molecule has 0 fully saturated rings. The van der Waals surface area contributed by atoms with Crippen molar-refractivity contribution in [2.45, 2.75) is 11.6 Å². The van der Waals surface area contributed by atoms with Gasteiger partial charge in [-0.25, -0.2) is 4.98 Å². The zero-order valence-corrected chi connectivity index (χ0v) is 11.6. The van der Waals surface area contributed by atoms with E-state index >= 15 is 0 Å². The highest BCUT2D eigenvalue weighted by molar-refractivity contribution is 9.10. The maximum atomic E-state index is 10.5. The number of halogens is 1.